The van der Waals surface area contributed by atoms with Crippen molar-refractivity contribution in [1.82, 2.24) is 5.32 Å². The van der Waals surface area contributed by atoms with Gasteiger partial charge < -0.3 is 10.4 Å². The number of benzene rings is 1. The van der Waals surface area contributed by atoms with Crippen LogP contribution >= 0.6 is 0 Å². The minimum Gasteiger partial charge on any atom is -0.396 e. The maximum atomic E-state index is 12.7. The van der Waals surface area contributed by atoms with Crippen LogP contribution < -0.4 is 5.32 Å². The molecule has 0 unspecified atom stereocenters. The van der Waals surface area contributed by atoms with Gasteiger partial charge in [0.15, 0.2) is 0 Å². The van der Waals surface area contributed by atoms with Crippen molar-refractivity contribution in [3.05, 3.63) is 35.6 Å². The fourth-order valence-electron chi connectivity index (χ4n) is 1.54. The van der Waals surface area contributed by atoms with E-state index in [2.05, 4.69) is 19.2 Å². The Morgan fingerprint density at radius 2 is 1.88 bits per heavy atom. The molecule has 1 rings (SSSR count). The molecule has 90 valence electrons. The third-order valence-corrected chi connectivity index (χ3v) is 2.63. The van der Waals surface area contributed by atoms with Crippen LogP contribution in [0.2, 0.25) is 0 Å². The number of aliphatic hydroxyl groups is 1. The third-order valence-electron chi connectivity index (χ3n) is 2.63. The number of aliphatic hydroxyl groups excluding tert-OH is 1. The predicted octanol–water partition coefficient (Wildman–Crippen LogP) is 2.32. The standard InChI is InChI=1S/C13H20FNO/c1-13(2,7-8-16)10-15-9-11-3-5-12(14)6-4-11/h3-6,15-16H,7-10H2,1-2H3. The zero-order valence-electron chi connectivity index (χ0n) is 9.96. The van der Waals surface area contributed by atoms with E-state index in [4.69, 9.17) is 5.11 Å². The summed E-state index contributed by atoms with van der Waals surface area (Å²) < 4.78 is 12.7. The van der Waals surface area contributed by atoms with Gasteiger partial charge in [0.05, 0.1) is 0 Å². The van der Waals surface area contributed by atoms with E-state index < -0.39 is 0 Å². The topological polar surface area (TPSA) is 32.3 Å². The lowest BCUT2D eigenvalue weighted by atomic mass is 9.90. The van der Waals surface area contributed by atoms with Gasteiger partial charge in [0.25, 0.3) is 0 Å². The molecule has 0 saturated heterocycles. The molecule has 0 amide bonds. The summed E-state index contributed by atoms with van der Waals surface area (Å²) in [7, 11) is 0. The summed E-state index contributed by atoms with van der Waals surface area (Å²) in [6.07, 6.45) is 0.781. The third kappa shape index (κ3) is 4.73. The molecule has 3 heteroatoms. The fourth-order valence-corrected chi connectivity index (χ4v) is 1.54. The van der Waals surface area contributed by atoms with E-state index in [1.54, 1.807) is 12.1 Å². The van der Waals surface area contributed by atoms with Gasteiger partial charge in [-0.2, -0.15) is 0 Å². The van der Waals surface area contributed by atoms with Crippen LogP contribution in [0.25, 0.3) is 0 Å². The molecule has 0 spiro atoms. The van der Waals surface area contributed by atoms with Gasteiger partial charge in [-0.3, -0.25) is 0 Å². The van der Waals surface area contributed by atoms with Gasteiger partial charge in [0.1, 0.15) is 5.82 Å². The number of halogens is 1. The first-order valence-electron chi connectivity index (χ1n) is 5.59. The Bertz CT molecular complexity index is 308. The highest BCUT2D eigenvalue weighted by Crippen LogP contribution is 2.18. The van der Waals surface area contributed by atoms with Crippen LogP contribution in [-0.4, -0.2) is 18.3 Å². The Balaban J connectivity index is 2.32. The molecule has 0 aliphatic rings. The maximum absolute atomic E-state index is 12.7. The molecule has 0 bridgehead atoms. The van der Waals surface area contributed by atoms with Gasteiger partial charge in [0.2, 0.25) is 0 Å². The molecule has 16 heavy (non-hydrogen) atoms. The van der Waals surface area contributed by atoms with Gasteiger partial charge in [-0.1, -0.05) is 26.0 Å². The largest absolute Gasteiger partial charge is 0.396 e. The number of rotatable bonds is 6. The Hall–Kier alpha value is -0.930. The Morgan fingerprint density at radius 1 is 1.25 bits per heavy atom. The van der Waals surface area contributed by atoms with Crippen LogP contribution in [0.4, 0.5) is 4.39 Å². The van der Waals surface area contributed by atoms with Crippen molar-refractivity contribution in [1.29, 1.82) is 0 Å². The highest BCUT2D eigenvalue weighted by Gasteiger charge is 2.15. The van der Waals surface area contributed by atoms with Crippen LogP contribution in [0.5, 0.6) is 0 Å². The zero-order chi connectivity index (χ0) is 12.0. The number of hydrogen-bond acceptors (Lipinski definition) is 2. The van der Waals surface area contributed by atoms with Crippen molar-refractivity contribution in [2.24, 2.45) is 5.41 Å². The molecule has 0 fully saturated rings. The summed E-state index contributed by atoms with van der Waals surface area (Å²) in [6, 6.07) is 6.49. The summed E-state index contributed by atoms with van der Waals surface area (Å²) in [4.78, 5) is 0. The molecule has 0 aliphatic carbocycles. The molecular formula is C13H20FNO. The van der Waals surface area contributed by atoms with Crippen LogP contribution in [-0.2, 0) is 6.54 Å². The second-order valence-electron chi connectivity index (χ2n) is 4.87. The van der Waals surface area contributed by atoms with E-state index >= 15 is 0 Å². The molecule has 0 radical (unpaired) electrons. The van der Waals surface area contributed by atoms with E-state index in [-0.39, 0.29) is 17.8 Å². The van der Waals surface area contributed by atoms with E-state index in [1.807, 2.05) is 0 Å². The lowest BCUT2D eigenvalue weighted by Gasteiger charge is -2.23. The van der Waals surface area contributed by atoms with Gasteiger partial charge in [-0.15, -0.1) is 0 Å². The molecule has 0 aromatic heterocycles. The first-order chi connectivity index (χ1) is 7.53. The van der Waals surface area contributed by atoms with E-state index in [1.165, 1.54) is 12.1 Å². The van der Waals surface area contributed by atoms with Crippen molar-refractivity contribution in [3.63, 3.8) is 0 Å². The molecule has 0 atom stereocenters. The predicted molar refractivity (Wildman–Crippen MR) is 63.6 cm³/mol. The van der Waals surface area contributed by atoms with Crippen LogP contribution in [0.1, 0.15) is 25.8 Å². The van der Waals surface area contributed by atoms with Crippen LogP contribution in [0.15, 0.2) is 24.3 Å². The average Bonchev–Trinajstić information content (AvgIpc) is 2.20. The SMILES string of the molecule is CC(C)(CCO)CNCc1ccc(F)cc1. The minimum atomic E-state index is -0.204. The molecule has 1 aromatic carbocycles. The maximum Gasteiger partial charge on any atom is 0.123 e. The smallest absolute Gasteiger partial charge is 0.123 e. The summed E-state index contributed by atoms with van der Waals surface area (Å²) in [6.45, 7) is 6.01. The quantitative estimate of drug-likeness (QED) is 0.778. The van der Waals surface area contributed by atoms with Gasteiger partial charge >= 0.3 is 0 Å². The lowest BCUT2D eigenvalue weighted by Crippen LogP contribution is -2.29. The average molecular weight is 225 g/mol. The summed E-state index contributed by atoms with van der Waals surface area (Å²) in [5, 5.41) is 12.2. The fraction of sp³-hybridized carbons (Fsp3) is 0.538. The summed E-state index contributed by atoms with van der Waals surface area (Å²) in [5.74, 6) is -0.204. The highest BCUT2D eigenvalue weighted by atomic mass is 19.1. The molecule has 0 heterocycles. The summed E-state index contributed by atoms with van der Waals surface area (Å²) >= 11 is 0. The second-order valence-corrected chi connectivity index (χ2v) is 4.87. The molecule has 2 nitrogen and oxygen atoms in total. The molecule has 0 aliphatic heterocycles. The van der Waals surface area contributed by atoms with Crippen molar-refractivity contribution in [3.8, 4) is 0 Å². The molecule has 1 aromatic rings. The number of hydrogen-bond donors (Lipinski definition) is 2. The van der Waals surface area contributed by atoms with Crippen molar-refractivity contribution >= 4 is 0 Å². The second kappa shape index (κ2) is 5.97. The normalized spacial score (nSPS) is 11.8. The number of nitrogens with one attached hydrogen (secondary N) is 1. The van der Waals surface area contributed by atoms with Gasteiger partial charge in [0, 0.05) is 19.7 Å². The van der Waals surface area contributed by atoms with Gasteiger partial charge in [-0.25, -0.2) is 4.39 Å². The minimum absolute atomic E-state index is 0.0920. The van der Waals surface area contributed by atoms with Crippen LogP contribution in [0, 0.1) is 11.2 Å². The first kappa shape index (κ1) is 13.1. The molecular weight excluding hydrogens is 205 g/mol. The van der Waals surface area contributed by atoms with Crippen LogP contribution in [0.3, 0.4) is 0 Å². The molecule has 0 saturated carbocycles. The Morgan fingerprint density at radius 3 is 2.44 bits per heavy atom. The van der Waals surface area contributed by atoms with Crippen molar-refractivity contribution in [2.75, 3.05) is 13.2 Å². The lowest BCUT2D eigenvalue weighted by molar-refractivity contribution is 0.207. The summed E-state index contributed by atoms with van der Waals surface area (Å²) in [5.41, 5.74) is 1.16. The zero-order valence-corrected chi connectivity index (χ0v) is 9.96. The van der Waals surface area contributed by atoms with E-state index in [0.717, 1.165) is 25.1 Å². The molecule has 2 N–H and O–H groups in total. The van der Waals surface area contributed by atoms with E-state index in [0.29, 0.717) is 0 Å². The highest BCUT2D eigenvalue weighted by molar-refractivity contribution is 5.15. The van der Waals surface area contributed by atoms with Crippen molar-refractivity contribution in [2.45, 2.75) is 26.8 Å². The Labute approximate surface area is 96.5 Å². The monoisotopic (exact) mass is 225 g/mol. The van der Waals surface area contributed by atoms with Crippen molar-refractivity contribution < 1.29 is 9.50 Å². The first-order valence-corrected chi connectivity index (χ1v) is 5.59. The Kier molecular flexibility index (Phi) is 4.90. The van der Waals surface area contributed by atoms with E-state index in [9.17, 15) is 4.39 Å². The van der Waals surface area contributed by atoms with Gasteiger partial charge in [-0.05, 0) is 29.5 Å².